The van der Waals surface area contributed by atoms with Crippen molar-refractivity contribution < 1.29 is 4.90 Å². The third-order valence-electron chi connectivity index (χ3n) is 5.79. The van der Waals surface area contributed by atoms with Gasteiger partial charge in [0.15, 0.2) is 0 Å². The molecular formula is C25H24ClN4S+. The molecule has 2 aromatic carbocycles. The summed E-state index contributed by atoms with van der Waals surface area (Å²) >= 11 is 7.77. The molecule has 0 spiro atoms. The van der Waals surface area contributed by atoms with E-state index in [2.05, 4.69) is 69.9 Å². The third kappa shape index (κ3) is 4.49. The average molecular weight is 448 g/mol. The number of benzene rings is 2. The first-order valence-electron chi connectivity index (χ1n) is 10.6. The summed E-state index contributed by atoms with van der Waals surface area (Å²) in [4.78, 5) is 14.3. The number of halogens is 1. The summed E-state index contributed by atoms with van der Waals surface area (Å²) in [5, 5.41) is 4.09. The molecular weight excluding hydrogens is 424 g/mol. The molecule has 1 aliphatic rings. The molecule has 0 atom stereocenters. The SMILES string of the molecule is Clc1ccc(-c2csc3ncnc(N4CC[NH+](C/C=C/c5ccccc5)CC4)c23)cc1. The minimum Gasteiger partial charge on any atom is -0.345 e. The average Bonchev–Trinajstić information content (AvgIpc) is 3.25. The Morgan fingerprint density at radius 2 is 1.77 bits per heavy atom. The first kappa shape index (κ1) is 20.2. The highest BCUT2D eigenvalue weighted by Crippen LogP contribution is 2.38. The van der Waals surface area contributed by atoms with Gasteiger partial charge in [-0.2, -0.15) is 0 Å². The smallest absolute Gasteiger partial charge is 0.141 e. The fourth-order valence-corrected chi connectivity index (χ4v) is 5.14. The van der Waals surface area contributed by atoms with Gasteiger partial charge in [-0.05, 0) is 29.3 Å². The Morgan fingerprint density at radius 1 is 1.00 bits per heavy atom. The van der Waals surface area contributed by atoms with E-state index < -0.39 is 0 Å². The summed E-state index contributed by atoms with van der Waals surface area (Å²) in [7, 11) is 0. The van der Waals surface area contributed by atoms with E-state index in [0.29, 0.717) is 0 Å². The van der Waals surface area contributed by atoms with Crippen LogP contribution in [0.2, 0.25) is 5.02 Å². The van der Waals surface area contributed by atoms with Gasteiger partial charge in [0.05, 0.1) is 38.1 Å². The van der Waals surface area contributed by atoms with E-state index in [4.69, 9.17) is 16.6 Å². The Kier molecular flexibility index (Phi) is 5.98. The second-order valence-electron chi connectivity index (χ2n) is 7.79. The van der Waals surface area contributed by atoms with Crippen molar-refractivity contribution in [2.75, 3.05) is 37.6 Å². The molecule has 0 saturated carbocycles. The van der Waals surface area contributed by atoms with Crippen LogP contribution in [-0.2, 0) is 0 Å². The van der Waals surface area contributed by atoms with E-state index in [-0.39, 0.29) is 0 Å². The number of hydrogen-bond acceptors (Lipinski definition) is 4. The number of anilines is 1. The van der Waals surface area contributed by atoms with Crippen LogP contribution in [-0.4, -0.2) is 42.7 Å². The van der Waals surface area contributed by atoms with Gasteiger partial charge in [0, 0.05) is 16.0 Å². The van der Waals surface area contributed by atoms with Gasteiger partial charge < -0.3 is 9.80 Å². The maximum atomic E-state index is 6.09. The first-order valence-corrected chi connectivity index (χ1v) is 11.8. The van der Waals surface area contributed by atoms with E-state index in [9.17, 15) is 0 Å². The van der Waals surface area contributed by atoms with Crippen LogP contribution in [0.5, 0.6) is 0 Å². The van der Waals surface area contributed by atoms with Crippen molar-refractivity contribution in [3.63, 3.8) is 0 Å². The molecule has 1 N–H and O–H groups in total. The highest BCUT2D eigenvalue weighted by molar-refractivity contribution is 7.17. The Hall–Kier alpha value is -2.73. The summed E-state index contributed by atoms with van der Waals surface area (Å²) in [6, 6.07) is 18.5. The zero-order valence-electron chi connectivity index (χ0n) is 17.2. The van der Waals surface area contributed by atoms with E-state index in [1.54, 1.807) is 22.6 Å². The lowest BCUT2D eigenvalue weighted by Crippen LogP contribution is -3.14. The van der Waals surface area contributed by atoms with Crippen LogP contribution in [0.4, 0.5) is 5.82 Å². The van der Waals surface area contributed by atoms with E-state index >= 15 is 0 Å². The standard InChI is InChI=1S/C25H23ClN4S/c26-21-10-8-20(9-11-21)22-17-31-25-23(22)24(27-18-28-25)30-15-13-29(14-16-30)12-4-7-19-5-2-1-3-6-19/h1-11,17-18H,12-16H2/p+1/b7-4+. The topological polar surface area (TPSA) is 33.5 Å². The Morgan fingerprint density at radius 3 is 2.55 bits per heavy atom. The van der Waals surface area contributed by atoms with E-state index in [1.807, 2.05) is 12.1 Å². The van der Waals surface area contributed by atoms with Crippen LogP contribution >= 0.6 is 22.9 Å². The predicted octanol–water partition coefficient (Wildman–Crippen LogP) is 4.43. The van der Waals surface area contributed by atoms with E-state index in [0.717, 1.165) is 59.3 Å². The number of aromatic nitrogens is 2. The fraction of sp³-hybridized carbons (Fsp3) is 0.200. The molecule has 1 fully saturated rings. The molecule has 4 aromatic rings. The zero-order chi connectivity index (χ0) is 21.0. The number of quaternary nitrogens is 1. The van der Waals surface area contributed by atoms with Crippen LogP contribution in [0, 0.1) is 0 Å². The molecule has 156 valence electrons. The summed E-state index contributed by atoms with van der Waals surface area (Å²) < 4.78 is 0. The van der Waals surface area contributed by atoms with Crippen molar-refractivity contribution in [2.24, 2.45) is 0 Å². The lowest BCUT2D eigenvalue weighted by Gasteiger charge is -2.32. The predicted molar refractivity (Wildman–Crippen MR) is 131 cm³/mol. The Labute approximate surface area is 191 Å². The largest absolute Gasteiger partial charge is 0.345 e. The molecule has 0 aliphatic carbocycles. The number of fused-ring (bicyclic) bond motifs is 1. The van der Waals surface area contributed by atoms with Gasteiger partial charge in [-0.1, -0.05) is 60.1 Å². The van der Waals surface area contributed by atoms with E-state index in [1.165, 1.54) is 11.1 Å². The molecule has 3 heterocycles. The van der Waals surface area contributed by atoms with Crippen LogP contribution in [0.1, 0.15) is 5.56 Å². The maximum Gasteiger partial charge on any atom is 0.141 e. The van der Waals surface area contributed by atoms with Crippen LogP contribution in [0.15, 0.2) is 72.4 Å². The number of piperazine rings is 1. The molecule has 0 radical (unpaired) electrons. The monoisotopic (exact) mass is 447 g/mol. The molecule has 1 saturated heterocycles. The molecule has 4 nitrogen and oxygen atoms in total. The molecule has 1 aliphatic heterocycles. The van der Waals surface area contributed by atoms with Crippen LogP contribution in [0.3, 0.4) is 0 Å². The molecule has 0 unspecified atom stereocenters. The maximum absolute atomic E-state index is 6.09. The van der Waals surface area contributed by atoms with Crippen molar-refractivity contribution in [1.29, 1.82) is 0 Å². The number of thiophene rings is 1. The lowest BCUT2D eigenvalue weighted by atomic mass is 10.1. The summed E-state index contributed by atoms with van der Waals surface area (Å²) in [6.07, 6.45) is 6.21. The normalized spacial score (nSPS) is 15.2. The zero-order valence-corrected chi connectivity index (χ0v) is 18.7. The quantitative estimate of drug-likeness (QED) is 0.491. The fourth-order valence-electron chi connectivity index (χ4n) is 4.11. The van der Waals surface area contributed by atoms with Gasteiger partial charge >= 0.3 is 0 Å². The molecule has 6 heteroatoms. The van der Waals surface area contributed by atoms with Gasteiger partial charge in [0.25, 0.3) is 0 Å². The Balaban J connectivity index is 1.31. The van der Waals surface area contributed by atoms with Crippen molar-refractivity contribution in [3.05, 3.63) is 83.0 Å². The molecule has 0 bridgehead atoms. The third-order valence-corrected chi connectivity index (χ3v) is 6.93. The summed E-state index contributed by atoms with van der Waals surface area (Å²) in [5.74, 6) is 1.05. The van der Waals surface area contributed by atoms with Gasteiger partial charge in [-0.3, -0.25) is 0 Å². The van der Waals surface area contributed by atoms with Crippen molar-refractivity contribution >= 4 is 45.0 Å². The van der Waals surface area contributed by atoms with Crippen molar-refractivity contribution in [2.45, 2.75) is 0 Å². The van der Waals surface area contributed by atoms with Gasteiger partial charge in [0.1, 0.15) is 17.0 Å². The molecule has 2 aromatic heterocycles. The minimum absolute atomic E-state index is 0.750. The summed E-state index contributed by atoms with van der Waals surface area (Å²) in [6.45, 7) is 5.25. The number of nitrogens with one attached hydrogen (secondary N) is 1. The molecule has 31 heavy (non-hydrogen) atoms. The van der Waals surface area contributed by atoms with Crippen molar-refractivity contribution in [3.8, 4) is 11.1 Å². The minimum atomic E-state index is 0.750. The number of hydrogen-bond donors (Lipinski definition) is 1. The second-order valence-corrected chi connectivity index (χ2v) is 9.08. The highest BCUT2D eigenvalue weighted by Gasteiger charge is 2.23. The Bertz CT molecular complexity index is 1180. The first-order chi connectivity index (χ1) is 15.3. The molecule has 0 amide bonds. The highest BCUT2D eigenvalue weighted by atomic mass is 35.5. The van der Waals surface area contributed by atoms with Crippen LogP contribution in [0.25, 0.3) is 27.4 Å². The van der Waals surface area contributed by atoms with Gasteiger partial charge in [-0.15, -0.1) is 11.3 Å². The lowest BCUT2D eigenvalue weighted by molar-refractivity contribution is -0.894. The number of nitrogens with zero attached hydrogens (tertiary/aromatic N) is 3. The van der Waals surface area contributed by atoms with Gasteiger partial charge in [0.2, 0.25) is 0 Å². The van der Waals surface area contributed by atoms with Crippen molar-refractivity contribution in [1.82, 2.24) is 9.97 Å². The van der Waals surface area contributed by atoms with Gasteiger partial charge in [-0.25, -0.2) is 9.97 Å². The molecule has 5 rings (SSSR count). The second kappa shape index (κ2) is 9.18. The number of rotatable bonds is 5. The van der Waals surface area contributed by atoms with Crippen LogP contribution < -0.4 is 9.80 Å². The summed E-state index contributed by atoms with van der Waals surface area (Å²) in [5.41, 5.74) is 3.60.